The number of nitrogens with zero attached hydrogens (tertiary/aromatic N) is 1. The molecule has 0 spiro atoms. The predicted octanol–water partition coefficient (Wildman–Crippen LogP) is 2.53. The number of pyridine rings is 1. The fourth-order valence-corrected chi connectivity index (χ4v) is 1.85. The molecule has 0 saturated heterocycles. The SMILES string of the molecule is CCNC(CC1CC1)c1cccnc1. The van der Waals surface area contributed by atoms with Crippen LogP contribution < -0.4 is 5.32 Å². The second-order valence-corrected chi connectivity index (χ2v) is 4.08. The van der Waals surface area contributed by atoms with Gasteiger partial charge in [-0.3, -0.25) is 4.98 Å². The third-order valence-corrected chi connectivity index (χ3v) is 2.80. The molecule has 1 saturated carbocycles. The van der Waals surface area contributed by atoms with Gasteiger partial charge in [-0.2, -0.15) is 0 Å². The summed E-state index contributed by atoms with van der Waals surface area (Å²) in [6.07, 6.45) is 7.93. The van der Waals surface area contributed by atoms with Crippen LogP contribution in [0.5, 0.6) is 0 Å². The lowest BCUT2D eigenvalue weighted by atomic mass is 10.0. The molecule has 1 heterocycles. The smallest absolute Gasteiger partial charge is 0.0338 e. The first-order chi connectivity index (χ1) is 6.90. The van der Waals surface area contributed by atoms with Crippen molar-refractivity contribution in [2.24, 2.45) is 5.92 Å². The second kappa shape index (κ2) is 4.56. The molecule has 1 fully saturated rings. The molecule has 14 heavy (non-hydrogen) atoms. The van der Waals surface area contributed by atoms with Crippen molar-refractivity contribution in [3.05, 3.63) is 30.1 Å². The van der Waals surface area contributed by atoms with Crippen molar-refractivity contribution in [3.63, 3.8) is 0 Å². The summed E-state index contributed by atoms with van der Waals surface area (Å²) >= 11 is 0. The van der Waals surface area contributed by atoms with E-state index in [0.29, 0.717) is 6.04 Å². The zero-order chi connectivity index (χ0) is 9.80. The van der Waals surface area contributed by atoms with Crippen molar-refractivity contribution >= 4 is 0 Å². The van der Waals surface area contributed by atoms with E-state index in [4.69, 9.17) is 0 Å². The van der Waals surface area contributed by atoms with E-state index in [-0.39, 0.29) is 0 Å². The molecule has 1 aromatic heterocycles. The molecule has 1 unspecified atom stereocenters. The van der Waals surface area contributed by atoms with Crippen molar-refractivity contribution < 1.29 is 0 Å². The standard InChI is InChI=1S/C12H18N2/c1-2-14-12(8-10-5-6-10)11-4-3-7-13-9-11/h3-4,7,9-10,12,14H,2,5-6,8H2,1H3. The second-order valence-electron chi connectivity index (χ2n) is 4.08. The molecular weight excluding hydrogens is 172 g/mol. The van der Waals surface area contributed by atoms with Crippen molar-refractivity contribution in [2.75, 3.05) is 6.54 Å². The van der Waals surface area contributed by atoms with Gasteiger partial charge in [0.1, 0.15) is 0 Å². The Morgan fingerprint density at radius 2 is 2.43 bits per heavy atom. The van der Waals surface area contributed by atoms with Crippen molar-refractivity contribution in [1.82, 2.24) is 10.3 Å². The van der Waals surface area contributed by atoms with Crippen LogP contribution in [0.4, 0.5) is 0 Å². The summed E-state index contributed by atoms with van der Waals surface area (Å²) in [4.78, 5) is 4.18. The molecular formula is C12H18N2. The fraction of sp³-hybridized carbons (Fsp3) is 0.583. The summed E-state index contributed by atoms with van der Waals surface area (Å²) in [5, 5.41) is 3.53. The Kier molecular flexibility index (Phi) is 3.14. The van der Waals surface area contributed by atoms with Crippen molar-refractivity contribution in [3.8, 4) is 0 Å². The maximum atomic E-state index is 4.18. The molecule has 2 heteroatoms. The zero-order valence-corrected chi connectivity index (χ0v) is 8.74. The van der Waals surface area contributed by atoms with Crippen LogP contribution in [0.25, 0.3) is 0 Å². The van der Waals surface area contributed by atoms with Crippen molar-refractivity contribution in [1.29, 1.82) is 0 Å². The third-order valence-electron chi connectivity index (χ3n) is 2.80. The number of nitrogens with one attached hydrogen (secondary N) is 1. The predicted molar refractivity (Wildman–Crippen MR) is 58.0 cm³/mol. The van der Waals surface area contributed by atoms with E-state index in [9.17, 15) is 0 Å². The van der Waals surface area contributed by atoms with E-state index in [1.807, 2.05) is 18.5 Å². The summed E-state index contributed by atoms with van der Waals surface area (Å²) in [6, 6.07) is 4.70. The molecule has 76 valence electrons. The maximum absolute atomic E-state index is 4.18. The minimum Gasteiger partial charge on any atom is -0.310 e. The monoisotopic (exact) mass is 190 g/mol. The van der Waals surface area contributed by atoms with Gasteiger partial charge in [0.25, 0.3) is 0 Å². The minimum atomic E-state index is 0.515. The third kappa shape index (κ3) is 2.55. The highest BCUT2D eigenvalue weighted by Crippen LogP contribution is 2.37. The Bertz CT molecular complexity index is 267. The van der Waals surface area contributed by atoms with E-state index in [0.717, 1.165) is 12.5 Å². The van der Waals surface area contributed by atoms with Crippen LogP contribution in [0.2, 0.25) is 0 Å². The Hall–Kier alpha value is -0.890. The Morgan fingerprint density at radius 3 is 3.00 bits per heavy atom. The average molecular weight is 190 g/mol. The molecule has 2 nitrogen and oxygen atoms in total. The Balaban J connectivity index is 2.01. The average Bonchev–Trinajstić information content (AvgIpc) is 3.03. The lowest BCUT2D eigenvalue weighted by Crippen LogP contribution is -2.21. The summed E-state index contributed by atoms with van der Waals surface area (Å²) < 4.78 is 0. The maximum Gasteiger partial charge on any atom is 0.0338 e. The van der Waals surface area contributed by atoms with Crippen LogP contribution in [-0.4, -0.2) is 11.5 Å². The van der Waals surface area contributed by atoms with Crippen LogP contribution in [0.3, 0.4) is 0 Å². The van der Waals surface area contributed by atoms with E-state index < -0.39 is 0 Å². The summed E-state index contributed by atoms with van der Waals surface area (Å²) in [6.45, 7) is 3.20. The van der Waals surface area contributed by atoms with Gasteiger partial charge in [-0.1, -0.05) is 25.8 Å². The largest absolute Gasteiger partial charge is 0.310 e. The Labute approximate surface area is 85.7 Å². The van der Waals surface area contributed by atoms with Crippen molar-refractivity contribution in [2.45, 2.75) is 32.2 Å². The molecule has 2 rings (SSSR count). The van der Waals surface area contributed by atoms with Gasteiger partial charge >= 0.3 is 0 Å². The van der Waals surface area contributed by atoms with E-state index in [1.54, 1.807) is 0 Å². The molecule has 0 amide bonds. The molecule has 1 N–H and O–H groups in total. The molecule has 0 bridgehead atoms. The molecule has 1 atom stereocenters. The first kappa shape index (κ1) is 9.66. The number of hydrogen-bond donors (Lipinski definition) is 1. The summed E-state index contributed by atoms with van der Waals surface area (Å²) in [7, 11) is 0. The lowest BCUT2D eigenvalue weighted by Gasteiger charge is -2.17. The minimum absolute atomic E-state index is 0.515. The van der Waals surface area contributed by atoms with Crippen LogP contribution in [-0.2, 0) is 0 Å². The Morgan fingerprint density at radius 1 is 1.57 bits per heavy atom. The highest BCUT2D eigenvalue weighted by Gasteiger charge is 2.25. The molecule has 1 aliphatic carbocycles. The first-order valence-electron chi connectivity index (χ1n) is 5.53. The van der Waals surface area contributed by atoms with Gasteiger partial charge in [-0.25, -0.2) is 0 Å². The van der Waals surface area contributed by atoms with Crippen LogP contribution in [0, 0.1) is 5.92 Å². The van der Waals surface area contributed by atoms with E-state index in [2.05, 4.69) is 23.3 Å². The van der Waals surface area contributed by atoms with Gasteiger partial charge in [0.2, 0.25) is 0 Å². The zero-order valence-electron chi connectivity index (χ0n) is 8.74. The van der Waals surface area contributed by atoms with Gasteiger partial charge in [0.15, 0.2) is 0 Å². The van der Waals surface area contributed by atoms with Crippen LogP contribution in [0.15, 0.2) is 24.5 Å². The van der Waals surface area contributed by atoms with Gasteiger partial charge in [-0.05, 0) is 30.5 Å². The lowest BCUT2D eigenvalue weighted by molar-refractivity contribution is 0.486. The highest BCUT2D eigenvalue weighted by molar-refractivity contribution is 5.14. The van der Waals surface area contributed by atoms with Crippen LogP contribution in [0.1, 0.15) is 37.8 Å². The topological polar surface area (TPSA) is 24.9 Å². The molecule has 1 aromatic rings. The molecule has 0 aromatic carbocycles. The molecule has 0 aliphatic heterocycles. The number of aromatic nitrogens is 1. The van der Waals surface area contributed by atoms with Crippen LogP contribution >= 0.6 is 0 Å². The summed E-state index contributed by atoms with van der Waals surface area (Å²) in [5.74, 6) is 0.958. The van der Waals surface area contributed by atoms with Gasteiger partial charge in [-0.15, -0.1) is 0 Å². The van der Waals surface area contributed by atoms with E-state index >= 15 is 0 Å². The van der Waals surface area contributed by atoms with Gasteiger partial charge in [0, 0.05) is 18.4 Å². The summed E-state index contributed by atoms with van der Waals surface area (Å²) in [5.41, 5.74) is 1.33. The number of hydrogen-bond acceptors (Lipinski definition) is 2. The molecule has 1 aliphatic rings. The fourth-order valence-electron chi connectivity index (χ4n) is 1.85. The number of rotatable bonds is 5. The quantitative estimate of drug-likeness (QED) is 0.771. The normalized spacial score (nSPS) is 18.1. The molecule has 0 radical (unpaired) electrons. The van der Waals surface area contributed by atoms with E-state index in [1.165, 1.54) is 24.8 Å². The van der Waals surface area contributed by atoms with Gasteiger partial charge in [0.05, 0.1) is 0 Å². The first-order valence-corrected chi connectivity index (χ1v) is 5.53. The highest BCUT2D eigenvalue weighted by atomic mass is 14.9. The van der Waals surface area contributed by atoms with Gasteiger partial charge < -0.3 is 5.32 Å².